The van der Waals surface area contributed by atoms with E-state index in [1.165, 1.54) is 19.1 Å². The molecule has 0 saturated heterocycles. The van der Waals surface area contributed by atoms with Crippen LogP contribution in [0.4, 0.5) is 11.4 Å². The van der Waals surface area contributed by atoms with E-state index in [1.807, 2.05) is 0 Å². The summed E-state index contributed by atoms with van der Waals surface area (Å²) in [6, 6.07) is 9.70. The van der Waals surface area contributed by atoms with E-state index in [2.05, 4.69) is 10.2 Å². The standard InChI is InChI=1S/C17H14N4O6S/c1-10-14(20(22)23)7-11(8-15(10)21(24)25)9-28-17-19-18-16(27-17)12-3-5-13(26-2)6-4-12/h3-8H,9H2,1-2H3. The normalized spacial score (nSPS) is 10.6. The first kappa shape index (κ1) is 19.3. The van der Waals surface area contributed by atoms with Crippen molar-refractivity contribution in [2.45, 2.75) is 17.9 Å². The molecule has 0 radical (unpaired) electrons. The zero-order valence-electron chi connectivity index (χ0n) is 14.8. The summed E-state index contributed by atoms with van der Waals surface area (Å²) in [7, 11) is 1.57. The van der Waals surface area contributed by atoms with Crippen LogP contribution in [-0.4, -0.2) is 27.2 Å². The molecule has 0 amide bonds. The summed E-state index contributed by atoms with van der Waals surface area (Å²) >= 11 is 1.13. The van der Waals surface area contributed by atoms with Crippen molar-refractivity contribution in [2.75, 3.05) is 7.11 Å². The number of aromatic nitrogens is 2. The molecule has 10 nitrogen and oxygen atoms in total. The van der Waals surface area contributed by atoms with Crippen LogP contribution in [0.1, 0.15) is 11.1 Å². The van der Waals surface area contributed by atoms with Gasteiger partial charge in [0.25, 0.3) is 16.6 Å². The SMILES string of the molecule is COc1ccc(-c2nnc(SCc3cc([N+](=O)[O-])c(C)c([N+](=O)[O-])c3)o2)cc1. The van der Waals surface area contributed by atoms with Crippen molar-refractivity contribution < 1.29 is 19.0 Å². The Labute approximate surface area is 162 Å². The van der Waals surface area contributed by atoms with Gasteiger partial charge in [0.2, 0.25) is 5.89 Å². The van der Waals surface area contributed by atoms with Crippen molar-refractivity contribution in [3.8, 4) is 17.2 Å². The number of methoxy groups -OCH3 is 1. The quantitative estimate of drug-likeness (QED) is 0.324. The van der Waals surface area contributed by atoms with Gasteiger partial charge in [-0.15, -0.1) is 10.2 Å². The van der Waals surface area contributed by atoms with Crippen molar-refractivity contribution in [2.24, 2.45) is 0 Å². The highest BCUT2D eigenvalue weighted by Crippen LogP contribution is 2.33. The van der Waals surface area contributed by atoms with Gasteiger partial charge in [0.1, 0.15) is 11.3 Å². The van der Waals surface area contributed by atoms with Crippen LogP contribution in [0, 0.1) is 27.2 Å². The molecule has 144 valence electrons. The number of rotatable bonds is 7. The second-order valence-corrected chi connectivity index (χ2v) is 6.59. The number of hydrogen-bond donors (Lipinski definition) is 0. The summed E-state index contributed by atoms with van der Waals surface area (Å²) in [5, 5.41) is 30.5. The molecule has 3 rings (SSSR count). The third-order valence-corrected chi connectivity index (χ3v) is 4.80. The van der Waals surface area contributed by atoms with Crippen molar-refractivity contribution in [3.05, 3.63) is 67.8 Å². The fourth-order valence-electron chi connectivity index (χ4n) is 2.47. The Kier molecular flexibility index (Phi) is 5.54. The minimum absolute atomic E-state index is 0.0170. The first-order valence-electron chi connectivity index (χ1n) is 7.92. The predicted octanol–water partition coefficient (Wildman–Crippen LogP) is 4.16. The zero-order chi connectivity index (χ0) is 20.3. The van der Waals surface area contributed by atoms with Crippen molar-refractivity contribution in [3.63, 3.8) is 0 Å². The summed E-state index contributed by atoms with van der Waals surface area (Å²) in [6.07, 6.45) is 0. The van der Waals surface area contributed by atoms with E-state index >= 15 is 0 Å². The minimum Gasteiger partial charge on any atom is -0.497 e. The lowest BCUT2D eigenvalue weighted by molar-refractivity contribution is -0.395. The molecule has 0 spiro atoms. The minimum atomic E-state index is -0.634. The van der Waals surface area contributed by atoms with Crippen LogP contribution in [0.2, 0.25) is 0 Å². The first-order valence-corrected chi connectivity index (χ1v) is 8.90. The fourth-order valence-corrected chi connectivity index (χ4v) is 3.16. The molecule has 0 aliphatic rings. The first-order chi connectivity index (χ1) is 13.4. The van der Waals surface area contributed by atoms with Crippen molar-refractivity contribution in [1.29, 1.82) is 0 Å². The van der Waals surface area contributed by atoms with Gasteiger partial charge in [-0.05, 0) is 36.8 Å². The van der Waals surface area contributed by atoms with Crippen molar-refractivity contribution >= 4 is 23.1 Å². The maximum Gasteiger partial charge on any atom is 0.279 e. The van der Waals surface area contributed by atoms with E-state index in [0.29, 0.717) is 22.8 Å². The Bertz CT molecular complexity index is 999. The third kappa shape index (κ3) is 4.09. The smallest absolute Gasteiger partial charge is 0.279 e. The van der Waals surface area contributed by atoms with Gasteiger partial charge in [-0.3, -0.25) is 20.2 Å². The molecule has 0 unspecified atom stereocenters. The van der Waals surface area contributed by atoms with Crippen LogP contribution >= 0.6 is 11.8 Å². The van der Waals surface area contributed by atoms with Gasteiger partial charge in [-0.1, -0.05) is 11.8 Å². The number of hydrogen-bond acceptors (Lipinski definition) is 9. The number of benzene rings is 2. The van der Waals surface area contributed by atoms with Crippen LogP contribution in [0.25, 0.3) is 11.5 Å². The van der Waals surface area contributed by atoms with Crippen LogP contribution in [-0.2, 0) is 5.75 Å². The largest absolute Gasteiger partial charge is 0.497 e. The molecule has 3 aromatic rings. The maximum atomic E-state index is 11.2. The van der Waals surface area contributed by atoms with Gasteiger partial charge in [0.05, 0.1) is 17.0 Å². The number of nitro groups is 2. The van der Waals surface area contributed by atoms with Gasteiger partial charge in [-0.25, -0.2) is 0 Å². The highest BCUT2D eigenvalue weighted by Gasteiger charge is 2.23. The molecular formula is C17H14N4O6S. The molecule has 1 heterocycles. The third-order valence-electron chi connectivity index (χ3n) is 3.91. The molecule has 11 heteroatoms. The summed E-state index contributed by atoms with van der Waals surface area (Å²) in [5.74, 6) is 1.21. The van der Waals surface area contributed by atoms with E-state index in [9.17, 15) is 20.2 Å². The molecule has 0 atom stereocenters. The molecule has 0 bridgehead atoms. The molecule has 1 aromatic heterocycles. The maximum absolute atomic E-state index is 11.2. The topological polar surface area (TPSA) is 134 Å². The van der Waals surface area contributed by atoms with E-state index in [-0.39, 0.29) is 27.9 Å². The molecular weight excluding hydrogens is 388 g/mol. The Morgan fingerprint density at radius 1 is 1.07 bits per heavy atom. The number of thioether (sulfide) groups is 1. The molecule has 0 aliphatic carbocycles. The Morgan fingerprint density at radius 3 is 2.21 bits per heavy atom. The molecule has 0 fully saturated rings. The summed E-state index contributed by atoms with van der Waals surface area (Å²) in [5.41, 5.74) is 0.548. The predicted molar refractivity (Wildman–Crippen MR) is 100 cm³/mol. The number of ether oxygens (including phenoxy) is 1. The van der Waals surface area contributed by atoms with Crippen LogP contribution in [0.3, 0.4) is 0 Å². The average molecular weight is 402 g/mol. The van der Waals surface area contributed by atoms with E-state index in [4.69, 9.17) is 9.15 Å². The molecule has 2 aromatic carbocycles. The number of nitrogens with zero attached hydrogens (tertiary/aromatic N) is 4. The second kappa shape index (κ2) is 8.05. The summed E-state index contributed by atoms with van der Waals surface area (Å²) in [4.78, 5) is 21.0. The van der Waals surface area contributed by atoms with Crippen LogP contribution < -0.4 is 4.74 Å². The summed E-state index contributed by atoms with van der Waals surface area (Å²) < 4.78 is 10.7. The Hall–Kier alpha value is -3.47. The second-order valence-electron chi connectivity index (χ2n) is 5.66. The lowest BCUT2D eigenvalue weighted by Crippen LogP contribution is -1.99. The summed E-state index contributed by atoms with van der Waals surface area (Å²) in [6.45, 7) is 1.35. The lowest BCUT2D eigenvalue weighted by atomic mass is 10.1. The van der Waals surface area contributed by atoms with Crippen LogP contribution in [0.15, 0.2) is 46.0 Å². The van der Waals surface area contributed by atoms with E-state index in [1.54, 1.807) is 31.4 Å². The van der Waals surface area contributed by atoms with Gasteiger partial charge in [0, 0.05) is 23.4 Å². The molecule has 0 N–H and O–H groups in total. The molecule has 0 saturated carbocycles. The number of nitro benzene ring substituents is 2. The Balaban J connectivity index is 1.78. The molecule has 28 heavy (non-hydrogen) atoms. The molecule has 0 aliphatic heterocycles. The van der Waals surface area contributed by atoms with Crippen molar-refractivity contribution in [1.82, 2.24) is 10.2 Å². The van der Waals surface area contributed by atoms with Gasteiger partial charge < -0.3 is 9.15 Å². The van der Waals surface area contributed by atoms with E-state index in [0.717, 1.165) is 11.8 Å². The van der Waals surface area contributed by atoms with Gasteiger partial charge >= 0.3 is 0 Å². The zero-order valence-corrected chi connectivity index (χ0v) is 15.6. The van der Waals surface area contributed by atoms with E-state index < -0.39 is 9.85 Å². The Morgan fingerprint density at radius 2 is 1.68 bits per heavy atom. The monoisotopic (exact) mass is 402 g/mol. The van der Waals surface area contributed by atoms with Gasteiger partial charge in [-0.2, -0.15) is 0 Å². The van der Waals surface area contributed by atoms with Crippen LogP contribution in [0.5, 0.6) is 5.75 Å². The lowest BCUT2D eigenvalue weighted by Gasteiger charge is -2.03. The fraction of sp³-hybridized carbons (Fsp3) is 0.176. The highest BCUT2D eigenvalue weighted by atomic mass is 32.2. The highest BCUT2D eigenvalue weighted by molar-refractivity contribution is 7.98. The van der Waals surface area contributed by atoms with Gasteiger partial charge in [0.15, 0.2) is 0 Å². The average Bonchev–Trinajstić information content (AvgIpc) is 3.15.